The Kier molecular flexibility index (Phi) is 4.76. The van der Waals surface area contributed by atoms with Crippen molar-refractivity contribution in [3.8, 4) is 0 Å². The maximum absolute atomic E-state index is 13.3. The number of benzene rings is 1. The molecule has 2 amide bonds. The molecule has 0 aliphatic heterocycles. The van der Waals surface area contributed by atoms with E-state index in [1.54, 1.807) is 6.92 Å². The number of amides is 2. The van der Waals surface area contributed by atoms with E-state index in [1.807, 2.05) is 0 Å². The highest BCUT2D eigenvalue weighted by molar-refractivity contribution is 5.90. The minimum atomic E-state index is -1.02. The molecule has 6 nitrogen and oxygen atoms in total. The Morgan fingerprint density at radius 2 is 2.12 bits per heavy atom. The van der Waals surface area contributed by atoms with E-state index < -0.39 is 18.1 Å². The number of aliphatic hydroxyl groups is 1. The van der Waals surface area contributed by atoms with Crippen molar-refractivity contribution in [2.45, 2.75) is 45.4 Å². The first-order valence-electron chi connectivity index (χ1n) is 8.30. The number of carbonyl (C=O) groups excluding carboxylic acids is 2. The van der Waals surface area contributed by atoms with Gasteiger partial charge in [-0.25, -0.2) is 4.39 Å². The van der Waals surface area contributed by atoms with Crippen LogP contribution >= 0.6 is 0 Å². The second-order valence-electron chi connectivity index (χ2n) is 6.51. The molecule has 1 aliphatic rings. The molecule has 1 aliphatic carbocycles. The van der Waals surface area contributed by atoms with Crippen LogP contribution in [0.2, 0.25) is 0 Å². The third kappa shape index (κ3) is 3.82. The highest BCUT2D eigenvalue weighted by Gasteiger charge is 2.34. The Labute approximate surface area is 144 Å². The van der Waals surface area contributed by atoms with E-state index in [9.17, 15) is 19.1 Å². The number of rotatable bonds is 6. The Morgan fingerprint density at radius 3 is 2.76 bits per heavy atom. The second kappa shape index (κ2) is 6.84. The molecule has 3 rings (SSSR count). The van der Waals surface area contributed by atoms with Crippen LogP contribution in [0.5, 0.6) is 0 Å². The molecule has 1 aromatic heterocycles. The summed E-state index contributed by atoms with van der Waals surface area (Å²) in [5.74, 6) is -0.608. The van der Waals surface area contributed by atoms with Crippen molar-refractivity contribution in [3.63, 3.8) is 0 Å². The largest absolute Gasteiger partial charge is 0.459 e. The van der Waals surface area contributed by atoms with Gasteiger partial charge in [0.2, 0.25) is 11.8 Å². The second-order valence-corrected chi connectivity index (χ2v) is 6.51. The first kappa shape index (κ1) is 17.4. The van der Waals surface area contributed by atoms with E-state index >= 15 is 0 Å². The highest BCUT2D eigenvalue weighted by atomic mass is 19.1. The number of aliphatic hydroxyl groups excluding tert-OH is 1. The molecule has 0 saturated heterocycles. The minimum Gasteiger partial charge on any atom is -0.459 e. The van der Waals surface area contributed by atoms with Crippen LogP contribution in [0, 0.1) is 18.7 Å². The molecule has 1 heterocycles. The van der Waals surface area contributed by atoms with Gasteiger partial charge in [0, 0.05) is 16.9 Å². The molecule has 1 aromatic carbocycles. The first-order chi connectivity index (χ1) is 11.9. The molecule has 1 fully saturated rings. The minimum absolute atomic E-state index is 0.0541. The lowest BCUT2D eigenvalue weighted by Crippen LogP contribution is -2.52. The van der Waals surface area contributed by atoms with Gasteiger partial charge in [0.15, 0.2) is 0 Å². The maximum Gasteiger partial charge on any atom is 0.245 e. The van der Waals surface area contributed by atoms with Crippen molar-refractivity contribution in [1.29, 1.82) is 0 Å². The van der Waals surface area contributed by atoms with Gasteiger partial charge in [-0.05, 0) is 44.9 Å². The van der Waals surface area contributed by atoms with Crippen LogP contribution in [0.4, 0.5) is 4.39 Å². The third-order valence-corrected chi connectivity index (χ3v) is 4.43. The lowest BCUT2D eigenvalue weighted by Gasteiger charge is -2.20. The van der Waals surface area contributed by atoms with Crippen LogP contribution in [0.25, 0.3) is 11.0 Å². The smallest absolute Gasteiger partial charge is 0.245 e. The predicted molar refractivity (Wildman–Crippen MR) is 89.1 cm³/mol. The van der Waals surface area contributed by atoms with E-state index in [2.05, 4.69) is 10.6 Å². The molecule has 0 radical (unpaired) electrons. The van der Waals surface area contributed by atoms with Crippen molar-refractivity contribution in [2.75, 3.05) is 0 Å². The Bertz CT molecular complexity index is 811. The normalized spacial score (nSPS) is 16.5. The molecule has 134 valence electrons. The first-order valence-corrected chi connectivity index (χ1v) is 8.30. The van der Waals surface area contributed by atoms with Crippen LogP contribution < -0.4 is 10.6 Å². The van der Waals surface area contributed by atoms with Crippen molar-refractivity contribution in [2.24, 2.45) is 5.92 Å². The summed E-state index contributed by atoms with van der Waals surface area (Å²) in [5, 5.41) is 15.7. The number of furan rings is 1. The Hall–Kier alpha value is -2.41. The molecule has 2 unspecified atom stereocenters. The van der Waals surface area contributed by atoms with Crippen molar-refractivity contribution < 1.29 is 23.5 Å². The van der Waals surface area contributed by atoms with E-state index in [0.717, 1.165) is 18.4 Å². The number of halogens is 1. The summed E-state index contributed by atoms with van der Waals surface area (Å²) in [7, 11) is 0. The monoisotopic (exact) mass is 348 g/mol. The molecule has 7 heteroatoms. The number of fused-ring (bicyclic) bond motifs is 1. The molecule has 25 heavy (non-hydrogen) atoms. The van der Waals surface area contributed by atoms with Crippen LogP contribution in [0.15, 0.2) is 22.6 Å². The van der Waals surface area contributed by atoms with Crippen LogP contribution in [0.1, 0.15) is 31.1 Å². The van der Waals surface area contributed by atoms with Crippen LogP contribution in [-0.4, -0.2) is 29.1 Å². The van der Waals surface area contributed by atoms with Gasteiger partial charge >= 0.3 is 0 Å². The molecule has 2 aromatic rings. The number of hydrogen-bond acceptors (Lipinski definition) is 4. The number of carbonyl (C=O) groups is 2. The maximum atomic E-state index is 13.3. The van der Waals surface area contributed by atoms with Crippen molar-refractivity contribution >= 4 is 22.8 Å². The summed E-state index contributed by atoms with van der Waals surface area (Å²) in [6, 6.07) is 3.21. The van der Waals surface area contributed by atoms with E-state index in [0.29, 0.717) is 16.7 Å². The fourth-order valence-electron chi connectivity index (χ4n) is 2.71. The molecule has 3 N–H and O–H groups in total. The number of nitrogens with one attached hydrogen (secondary N) is 2. The SMILES string of the molecule is Cc1c(CNC(=O)C(NC(=O)C2CC2)C(C)O)oc2ccc(F)cc12. The fraction of sp³-hybridized carbons (Fsp3) is 0.444. The van der Waals surface area contributed by atoms with Crippen molar-refractivity contribution in [1.82, 2.24) is 10.6 Å². The van der Waals surface area contributed by atoms with Gasteiger partial charge in [-0.15, -0.1) is 0 Å². The standard InChI is InChI=1S/C18H21FN2O4/c1-9-13-7-12(19)5-6-14(13)25-15(9)8-20-18(24)16(10(2)22)21-17(23)11-3-4-11/h5-7,10-11,16,22H,3-4,8H2,1-2H3,(H,20,24)(H,21,23). The van der Waals surface area contributed by atoms with Gasteiger partial charge in [-0.2, -0.15) is 0 Å². The quantitative estimate of drug-likeness (QED) is 0.742. The van der Waals surface area contributed by atoms with Gasteiger partial charge in [-0.1, -0.05) is 0 Å². The summed E-state index contributed by atoms with van der Waals surface area (Å²) in [4.78, 5) is 24.2. The molecule has 2 atom stereocenters. The van der Waals surface area contributed by atoms with Gasteiger partial charge in [0.05, 0.1) is 12.6 Å². The van der Waals surface area contributed by atoms with Crippen LogP contribution in [-0.2, 0) is 16.1 Å². The fourth-order valence-corrected chi connectivity index (χ4v) is 2.71. The Balaban J connectivity index is 1.67. The summed E-state index contributed by atoms with van der Waals surface area (Å²) in [6.07, 6.45) is 0.609. The number of hydrogen-bond donors (Lipinski definition) is 3. The van der Waals surface area contributed by atoms with Gasteiger partial charge in [0.25, 0.3) is 0 Å². The van der Waals surface area contributed by atoms with Crippen LogP contribution in [0.3, 0.4) is 0 Å². The average molecular weight is 348 g/mol. The number of aryl methyl sites for hydroxylation is 1. The summed E-state index contributed by atoms with van der Waals surface area (Å²) < 4.78 is 19.0. The molecule has 1 saturated carbocycles. The molecule has 0 bridgehead atoms. The third-order valence-electron chi connectivity index (χ3n) is 4.43. The molecular weight excluding hydrogens is 327 g/mol. The van der Waals surface area contributed by atoms with Gasteiger partial charge in [-0.3, -0.25) is 9.59 Å². The molecular formula is C18H21FN2O4. The zero-order valence-electron chi connectivity index (χ0n) is 14.1. The summed E-state index contributed by atoms with van der Waals surface area (Å²) in [5.41, 5.74) is 1.28. The Morgan fingerprint density at radius 1 is 1.40 bits per heavy atom. The summed E-state index contributed by atoms with van der Waals surface area (Å²) >= 11 is 0. The van der Waals surface area contributed by atoms with E-state index in [1.165, 1.54) is 25.1 Å². The lowest BCUT2D eigenvalue weighted by molar-refractivity contribution is -0.132. The van der Waals surface area contributed by atoms with E-state index in [-0.39, 0.29) is 24.2 Å². The highest BCUT2D eigenvalue weighted by Crippen LogP contribution is 2.29. The lowest BCUT2D eigenvalue weighted by atomic mass is 10.1. The predicted octanol–water partition coefficient (Wildman–Crippen LogP) is 1.77. The average Bonchev–Trinajstić information content (AvgIpc) is 3.37. The summed E-state index contributed by atoms with van der Waals surface area (Å²) in [6.45, 7) is 3.32. The molecule has 0 spiro atoms. The van der Waals surface area contributed by atoms with Gasteiger partial charge < -0.3 is 20.2 Å². The zero-order chi connectivity index (χ0) is 18.1. The zero-order valence-corrected chi connectivity index (χ0v) is 14.1. The van der Waals surface area contributed by atoms with E-state index in [4.69, 9.17) is 4.42 Å². The van der Waals surface area contributed by atoms with Gasteiger partial charge in [0.1, 0.15) is 23.2 Å². The topological polar surface area (TPSA) is 91.6 Å². The van der Waals surface area contributed by atoms with Crippen molar-refractivity contribution in [3.05, 3.63) is 35.3 Å².